The molecule has 0 saturated carbocycles. The van der Waals surface area contributed by atoms with E-state index in [1.807, 2.05) is 0 Å². The van der Waals surface area contributed by atoms with Crippen molar-refractivity contribution in [3.05, 3.63) is 36.6 Å². The van der Waals surface area contributed by atoms with Gasteiger partial charge in [0.2, 0.25) is 10.0 Å². The minimum Gasteiger partial charge on any atom is -0.382 e. The number of benzene rings is 1. The van der Waals surface area contributed by atoms with Gasteiger partial charge in [0.15, 0.2) is 0 Å². The minimum absolute atomic E-state index is 0.120. The quantitative estimate of drug-likeness (QED) is 0.582. The van der Waals surface area contributed by atoms with Crippen LogP contribution < -0.4 is 4.72 Å². The lowest BCUT2D eigenvalue weighted by Crippen LogP contribution is -2.27. The van der Waals surface area contributed by atoms with E-state index in [1.54, 1.807) is 31.4 Å². The van der Waals surface area contributed by atoms with Crippen LogP contribution in [0.1, 0.15) is 0 Å². The number of ether oxygens (including phenoxy) is 2. The van der Waals surface area contributed by atoms with Crippen molar-refractivity contribution in [3.8, 4) is 11.3 Å². The molecular formula is C13H16N2O5S. The third kappa shape index (κ3) is 4.11. The van der Waals surface area contributed by atoms with Crippen LogP contribution in [-0.4, -0.2) is 40.6 Å². The van der Waals surface area contributed by atoms with Gasteiger partial charge >= 0.3 is 0 Å². The van der Waals surface area contributed by atoms with Gasteiger partial charge in [0.25, 0.3) is 0 Å². The normalized spacial score (nSPS) is 11.7. The van der Waals surface area contributed by atoms with Crippen LogP contribution in [0.15, 0.2) is 46.0 Å². The summed E-state index contributed by atoms with van der Waals surface area (Å²) in [7, 11) is -2.16. The molecule has 0 bridgehead atoms. The van der Waals surface area contributed by atoms with E-state index in [9.17, 15) is 8.42 Å². The average Bonchev–Trinajstić information content (AvgIpc) is 3.01. The van der Waals surface area contributed by atoms with Crippen molar-refractivity contribution in [2.45, 2.75) is 4.90 Å². The fraction of sp³-hybridized carbons (Fsp3) is 0.308. The van der Waals surface area contributed by atoms with Crippen LogP contribution in [0.4, 0.5) is 0 Å². The minimum atomic E-state index is -3.70. The highest BCUT2D eigenvalue weighted by atomic mass is 32.2. The van der Waals surface area contributed by atoms with Crippen LogP contribution in [-0.2, 0) is 19.5 Å². The number of nitrogens with zero attached hydrogens (tertiary/aromatic N) is 1. The van der Waals surface area contributed by atoms with E-state index < -0.39 is 10.0 Å². The Bertz CT molecular complexity index is 655. The molecule has 1 aromatic heterocycles. The molecule has 0 spiro atoms. The van der Waals surface area contributed by atoms with E-state index >= 15 is 0 Å². The SMILES string of the molecule is COCCOCNS(=O)(=O)c1ccccc1-c1ccon1. The Morgan fingerprint density at radius 2 is 2.05 bits per heavy atom. The third-order valence-electron chi connectivity index (χ3n) is 2.67. The van der Waals surface area contributed by atoms with Crippen molar-refractivity contribution in [1.29, 1.82) is 0 Å². The molecule has 114 valence electrons. The summed E-state index contributed by atoms with van der Waals surface area (Å²) >= 11 is 0. The van der Waals surface area contributed by atoms with Gasteiger partial charge in [0, 0.05) is 18.7 Å². The summed E-state index contributed by atoms with van der Waals surface area (Å²) in [5.74, 6) is 0. The molecule has 1 N–H and O–H groups in total. The van der Waals surface area contributed by atoms with Crippen LogP contribution >= 0.6 is 0 Å². The fourth-order valence-electron chi connectivity index (χ4n) is 1.68. The Hall–Kier alpha value is -1.74. The predicted molar refractivity (Wildman–Crippen MR) is 75.0 cm³/mol. The van der Waals surface area contributed by atoms with E-state index in [-0.39, 0.29) is 11.6 Å². The van der Waals surface area contributed by atoms with Gasteiger partial charge in [-0.1, -0.05) is 23.4 Å². The maximum Gasteiger partial charge on any atom is 0.243 e. The van der Waals surface area contributed by atoms with Crippen LogP contribution in [0.5, 0.6) is 0 Å². The molecule has 0 fully saturated rings. The summed E-state index contributed by atoms with van der Waals surface area (Å²) in [5, 5.41) is 3.77. The van der Waals surface area contributed by atoms with Crippen molar-refractivity contribution in [1.82, 2.24) is 9.88 Å². The molecule has 0 aliphatic carbocycles. The molecule has 21 heavy (non-hydrogen) atoms. The summed E-state index contributed by atoms with van der Waals surface area (Å²) in [5.41, 5.74) is 0.923. The smallest absolute Gasteiger partial charge is 0.243 e. The van der Waals surface area contributed by atoms with E-state index in [1.165, 1.54) is 12.3 Å². The summed E-state index contributed by atoms with van der Waals surface area (Å²) in [6.07, 6.45) is 1.39. The number of hydrogen-bond donors (Lipinski definition) is 1. The first kappa shape index (κ1) is 15.6. The maximum absolute atomic E-state index is 12.3. The lowest BCUT2D eigenvalue weighted by molar-refractivity contribution is 0.0688. The second-order valence-electron chi connectivity index (χ2n) is 4.07. The van der Waals surface area contributed by atoms with Gasteiger partial charge in [-0.25, -0.2) is 8.42 Å². The highest BCUT2D eigenvalue weighted by molar-refractivity contribution is 7.89. The molecule has 0 amide bonds. The van der Waals surface area contributed by atoms with Crippen molar-refractivity contribution < 1.29 is 22.4 Å². The molecule has 1 heterocycles. The number of hydrogen-bond acceptors (Lipinski definition) is 6. The van der Waals surface area contributed by atoms with Gasteiger partial charge in [-0.3, -0.25) is 0 Å². The molecule has 0 radical (unpaired) electrons. The molecular weight excluding hydrogens is 296 g/mol. The zero-order valence-electron chi connectivity index (χ0n) is 11.5. The van der Waals surface area contributed by atoms with Gasteiger partial charge in [-0.2, -0.15) is 4.72 Å². The third-order valence-corrected chi connectivity index (χ3v) is 4.11. The van der Waals surface area contributed by atoms with E-state index in [0.29, 0.717) is 24.5 Å². The molecule has 0 aliphatic rings. The highest BCUT2D eigenvalue weighted by Crippen LogP contribution is 2.25. The molecule has 0 saturated heterocycles. The topological polar surface area (TPSA) is 90.7 Å². The van der Waals surface area contributed by atoms with Crippen LogP contribution in [0.3, 0.4) is 0 Å². The number of nitrogens with one attached hydrogen (secondary N) is 1. The van der Waals surface area contributed by atoms with E-state index in [0.717, 1.165) is 0 Å². The number of sulfonamides is 1. The molecule has 8 heteroatoms. The summed E-state index contributed by atoms with van der Waals surface area (Å²) in [6, 6.07) is 8.14. The van der Waals surface area contributed by atoms with Gasteiger partial charge in [-0.15, -0.1) is 0 Å². The van der Waals surface area contributed by atoms with Crippen LogP contribution in [0.25, 0.3) is 11.3 Å². The molecule has 7 nitrogen and oxygen atoms in total. The fourth-order valence-corrected chi connectivity index (χ4v) is 2.79. The van der Waals surface area contributed by atoms with E-state index in [2.05, 4.69) is 9.88 Å². The Balaban J connectivity index is 2.13. The largest absolute Gasteiger partial charge is 0.382 e. The van der Waals surface area contributed by atoms with Crippen molar-refractivity contribution >= 4 is 10.0 Å². The molecule has 1 aromatic carbocycles. The van der Waals surface area contributed by atoms with Crippen LogP contribution in [0.2, 0.25) is 0 Å². The summed E-state index contributed by atoms with van der Waals surface area (Å²) < 4.78 is 41.6. The van der Waals surface area contributed by atoms with Crippen LogP contribution in [0, 0.1) is 0 Å². The predicted octanol–water partition coefficient (Wildman–Crippen LogP) is 1.24. The first-order chi connectivity index (χ1) is 10.1. The van der Waals surface area contributed by atoms with Gasteiger partial charge in [-0.05, 0) is 6.07 Å². The lowest BCUT2D eigenvalue weighted by Gasteiger charge is -2.10. The molecule has 0 atom stereocenters. The number of rotatable bonds is 8. The van der Waals surface area contributed by atoms with Crippen molar-refractivity contribution in [2.24, 2.45) is 0 Å². The summed E-state index contributed by atoms with van der Waals surface area (Å²) in [6.45, 7) is 0.583. The average molecular weight is 312 g/mol. The van der Waals surface area contributed by atoms with Gasteiger partial charge in [0.1, 0.15) is 18.7 Å². The van der Waals surface area contributed by atoms with Crippen molar-refractivity contribution in [3.63, 3.8) is 0 Å². The molecule has 0 aliphatic heterocycles. The Morgan fingerprint density at radius 1 is 1.24 bits per heavy atom. The molecule has 0 unspecified atom stereocenters. The van der Waals surface area contributed by atoms with Gasteiger partial charge in [0.05, 0.1) is 18.1 Å². The van der Waals surface area contributed by atoms with Crippen molar-refractivity contribution in [2.75, 3.05) is 27.1 Å². The number of methoxy groups -OCH3 is 1. The monoisotopic (exact) mass is 312 g/mol. The Morgan fingerprint density at radius 3 is 2.76 bits per heavy atom. The first-order valence-electron chi connectivity index (χ1n) is 6.21. The summed E-state index contributed by atoms with van der Waals surface area (Å²) in [4.78, 5) is 0.120. The van der Waals surface area contributed by atoms with E-state index in [4.69, 9.17) is 14.0 Å². The maximum atomic E-state index is 12.3. The molecule has 2 aromatic rings. The zero-order chi connectivity index (χ0) is 15.1. The highest BCUT2D eigenvalue weighted by Gasteiger charge is 2.19. The molecule has 2 rings (SSSR count). The lowest BCUT2D eigenvalue weighted by atomic mass is 10.1. The zero-order valence-corrected chi connectivity index (χ0v) is 12.3. The second-order valence-corrected chi connectivity index (χ2v) is 5.81. The Labute approximate surface area is 122 Å². The van der Waals surface area contributed by atoms with Gasteiger partial charge < -0.3 is 14.0 Å². The number of aromatic nitrogens is 1. The second kappa shape index (κ2) is 7.32. The first-order valence-corrected chi connectivity index (χ1v) is 7.69. The Kier molecular flexibility index (Phi) is 5.45. The standard InChI is InChI=1S/C13H16N2O5S/c1-18-8-9-19-10-14-21(16,17)13-5-3-2-4-11(13)12-6-7-20-15-12/h2-7,14H,8-10H2,1H3.